The molecule has 3 rings (SSSR count). The largest absolute Gasteiger partial charge is 0.444 e. The van der Waals surface area contributed by atoms with Crippen LogP contribution >= 0.6 is 0 Å². The van der Waals surface area contributed by atoms with E-state index in [0.29, 0.717) is 11.1 Å². The summed E-state index contributed by atoms with van der Waals surface area (Å²) < 4.78 is 19.0. The fraction of sp³-hybridized carbons (Fsp3) is 0.263. The molecule has 1 aliphatic rings. The van der Waals surface area contributed by atoms with Gasteiger partial charge >= 0.3 is 5.97 Å². The number of carbonyl (C=O) groups excluding carboxylic acids is 2. The summed E-state index contributed by atoms with van der Waals surface area (Å²) in [6, 6.07) is 13.1. The molecule has 1 aliphatic carbocycles. The number of hydrogen-bond acceptors (Lipinski definition) is 3. The van der Waals surface area contributed by atoms with Gasteiger partial charge in [-0.25, -0.2) is 9.18 Å². The molecule has 4 nitrogen and oxygen atoms in total. The molecule has 124 valence electrons. The van der Waals surface area contributed by atoms with Gasteiger partial charge in [-0.3, -0.25) is 4.79 Å². The van der Waals surface area contributed by atoms with E-state index in [-0.39, 0.29) is 17.5 Å². The number of nitrogens with one attached hydrogen (secondary N) is 1. The van der Waals surface area contributed by atoms with Gasteiger partial charge in [0.15, 0.2) is 0 Å². The van der Waals surface area contributed by atoms with Crippen molar-refractivity contribution in [3.8, 4) is 0 Å². The molecule has 0 aromatic heterocycles. The van der Waals surface area contributed by atoms with Crippen LogP contribution in [0.25, 0.3) is 0 Å². The Hall–Kier alpha value is -2.69. The van der Waals surface area contributed by atoms with Crippen molar-refractivity contribution < 1.29 is 18.7 Å². The summed E-state index contributed by atoms with van der Waals surface area (Å²) in [7, 11) is 0. The standard InChI is InChI=1S/C19H18FNO3/c1-12-7-8-14(11-16(12)20)19(23)24-17(13-5-3-2-4-6-13)18(22)21-15-9-10-15/h2-8,11,15,17H,9-10H2,1H3,(H,21,22)/t17-/m0/s1. The molecule has 1 N–H and O–H groups in total. The Morgan fingerprint density at radius 3 is 2.50 bits per heavy atom. The lowest BCUT2D eigenvalue weighted by molar-refractivity contribution is -0.130. The van der Waals surface area contributed by atoms with E-state index in [1.807, 2.05) is 6.07 Å². The van der Waals surface area contributed by atoms with Gasteiger partial charge < -0.3 is 10.1 Å². The number of rotatable bonds is 5. The first-order valence-electron chi connectivity index (χ1n) is 7.87. The zero-order chi connectivity index (χ0) is 17.1. The van der Waals surface area contributed by atoms with Crippen LogP contribution in [-0.4, -0.2) is 17.9 Å². The molecular formula is C19H18FNO3. The van der Waals surface area contributed by atoms with Crippen LogP contribution in [0.4, 0.5) is 4.39 Å². The maximum Gasteiger partial charge on any atom is 0.339 e. The Balaban J connectivity index is 1.81. The molecule has 0 aliphatic heterocycles. The number of halogens is 1. The molecule has 1 fully saturated rings. The summed E-state index contributed by atoms with van der Waals surface area (Å²) in [6.45, 7) is 1.61. The highest BCUT2D eigenvalue weighted by atomic mass is 19.1. The number of hydrogen-bond donors (Lipinski definition) is 1. The van der Waals surface area contributed by atoms with Crippen molar-refractivity contribution in [2.45, 2.75) is 31.9 Å². The van der Waals surface area contributed by atoms with Crippen LogP contribution < -0.4 is 5.32 Å². The third kappa shape index (κ3) is 3.79. The number of amides is 1. The molecule has 1 atom stereocenters. The zero-order valence-electron chi connectivity index (χ0n) is 13.3. The summed E-state index contributed by atoms with van der Waals surface area (Å²) in [5, 5.41) is 2.84. The first kappa shape index (κ1) is 16.2. The molecular weight excluding hydrogens is 309 g/mol. The highest BCUT2D eigenvalue weighted by Gasteiger charge is 2.31. The van der Waals surface area contributed by atoms with Gasteiger partial charge in [-0.1, -0.05) is 36.4 Å². The molecule has 2 aromatic carbocycles. The molecule has 0 radical (unpaired) electrons. The first-order valence-corrected chi connectivity index (χ1v) is 7.87. The van der Waals surface area contributed by atoms with E-state index < -0.39 is 17.9 Å². The molecule has 1 saturated carbocycles. The van der Waals surface area contributed by atoms with Crippen molar-refractivity contribution in [1.82, 2.24) is 5.32 Å². The first-order chi connectivity index (χ1) is 11.5. The van der Waals surface area contributed by atoms with Gasteiger partial charge in [-0.05, 0) is 37.5 Å². The van der Waals surface area contributed by atoms with E-state index in [2.05, 4.69) is 5.32 Å². The summed E-state index contributed by atoms with van der Waals surface area (Å²) in [6.07, 6.45) is 0.818. The third-order valence-electron chi connectivity index (χ3n) is 3.90. The minimum Gasteiger partial charge on any atom is -0.444 e. The summed E-state index contributed by atoms with van der Waals surface area (Å²) in [4.78, 5) is 24.7. The van der Waals surface area contributed by atoms with Crippen molar-refractivity contribution in [3.63, 3.8) is 0 Å². The van der Waals surface area contributed by atoms with Gasteiger partial charge in [0, 0.05) is 11.6 Å². The second-order valence-electron chi connectivity index (χ2n) is 5.94. The molecule has 0 unspecified atom stereocenters. The zero-order valence-corrected chi connectivity index (χ0v) is 13.3. The number of esters is 1. The number of benzene rings is 2. The Bertz CT molecular complexity index is 756. The van der Waals surface area contributed by atoms with E-state index >= 15 is 0 Å². The van der Waals surface area contributed by atoms with Crippen molar-refractivity contribution in [3.05, 3.63) is 71.0 Å². The fourth-order valence-electron chi connectivity index (χ4n) is 2.30. The number of aryl methyl sites for hydroxylation is 1. The van der Waals surface area contributed by atoms with Crippen LogP contribution in [0.3, 0.4) is 0 Å². The van der Waals surface area contributed by atoms with Gasteiger partial charge in [-0.2, -0.15) is 0 Å². The van der Waals surface area contributed by atoms with E-state index in [9.17, 15) is 14.0 Å². The minimum atomic E-state index is -1.05. The maximum atomic E-state index is 13.7. The van der Waals surface area contributed by atoms with Gasteiger partial charge in [0.1, 0.15) is 5.82 Å². The van der Waals surface area contributed by atoms with Crippen molar-refractivity contribution in [2.75, 3.05) is 0 Å². The highest BCUT2D eigenvalue weighted by molar-refractivity contribution is 5.92. The average molecular weight is 327 g/mol. The van der Waals surface area contributed by atoms with Gasteiger partial charge in [0.2, 0.25) is 6.10 Å². The SMILES string of the molecule is Cc1ccc(C(=O)O[C@H](C(=O)NC2CC2)c2ccccc2)cc1F. The van der Waals surface area contributed by atoms with Crippen LogP contribution in [0.1, 0.15) is 40.4 Å². The van der Waals surface area contributed by atoms with Crippen molar-refractivity contribution in [2.24, 2.45) is 0 Å². The Morgan fingerprint density at radius 2 is 1.88 bits per heavy atom. The normalized spacial score (nSPS) is 14.8. The number of carbonyl (C=O) groups is 2. The molecule has 2 aromatic rings. The molecule has 24 heavy (non-hydrogen) atoms. The lowest BCUT2D eigenvalue weighted by Gasteiger charge is -2.18. The monoisotopic (exact) mass is 327 g/mol. The average Bonchev–Trinajstić information content (AvgIpc) is 3.39. The molecule has 0 heterocycles. The molecule has 1 amide bonds. The Kier molecular flexibility index (Phi) is 4.60. The molecule has 5 heteroatoms. The lowest BCUT2D eigenvalue weighted by atomic mass is 10.1. The van der Waals surface area contributed by atoms with Crippen molar-refractivity contribution >= 4 is 11.9 Å². The van der Waals surface area contributed by atoms with E-state index in [1.54, 1.807) is 31.2 Å². The summed E-state index contributed by atoms with van der Waals surface area (Å²) >= 11 is 0. The minimum absolute atomic E-state index is 0.0817. The Morgan fingerprint density at radius 1 is 1.17 bits per heavy atom. The van der Waals surface area contributed by atoms with Gasteiger partial charge in [-0.15, -0.1) is 0 Å². The predicted molar refractivity (Wildman–Crippen MR) is 86.9 cm³/mol. The van der Waals surface area contributed by atoms with Crippen LogP contribution in [-0.2, 0) is 9.53 Å². The van der Waals surface area contributed by atoms with Crippen LogP contribution in [0.5, 0.6) is 0 Å². The maximum absolute atomic E-state index is 13.7. The number of ether oxygens (including phenoxy) is 1. The van der Waals surface area contributed by atoms with Crippen molar-refractivity contribution in [1.29, 1.82) is 0 Å². The van der Waals surface area contributed by atoms with Gasteiger partial charge in [0.25, 0.3) is 5.91 Å². The summed E-state index contributed by atoms with van der Waals surface area (Å²) in [5.41, 5.74) is 1.10. The second kappa shape index (κ2) is 6.83. The quantitative estimate of drug-likeness (QED) is 0.857. The Labute approximate surface area is 139 Å². The smallest absolute Gasteiger partial charge is 0.339 e. The topological polar surface area (TPSA) is 55.4 Å². The van der Waals surface area contributed by atoms with E-state index in [4.69, 9.17) is 4.74 Å². The molecule has 0 bridgehead atoms. The van der Waals surface area contributed by atoms with Crippen LogP contribution in [0, 0.1) is 12.7 Å². The molecule has 0 saturated heterocycles. The second-order valence-corrected chi connectivity index (χ2v) is 5.94. The lowest BCUT2D eigenvalue weighted by Crippen LogP contribution is -2.33. The fourth-order valence-corrected chi connectivity index (χ4v) is 2.30. The molecule has 0 spiro atoms. The third-order valence-corrected chi connectivity index (χ3v) is 3.90. The van der Waals surface area contributed by atoms with Crippen LogP contribution in [0.15, 0.2) is 48.5 Å². The highest BCUT2D eigenvalue weighted by Crippen LogP contribution is 2.24. The van der Waals surface area contributed by atoms with E-state index in [0.717, 1.165) is 18.9 Å². The van der Waals surface area contributed by atoms with Crippen LogP contribution in [0.2, 0.25) is 0 Å². The van der Waals surface area contributed by atoms with E-state index in [1.165, 1.54) is 12.1 Å². The summed E-state index contributed by atoms with van der Waals surface area (Å²) in [5.74, 6) is -1.57. The van der Waals surface area contributed by atoms with Gasteiger partial charge in [0.05, 0.1) is 5.56 Å². The predicted octanol–water partition coefficient (Wildman–Crippen LogP) is 3.31.